The second kappa shape index (κ2) is 10.8. The van der Waals surface area contributed by atoms with Gasteiger partial charge < -0.3 is 10.2 Å². The Bertz CT molecular complexity index is 705. The molecule has 1 amide bonds. The van der Waals surface area contributed by atoms with Gasteiger partial charge in [0.1, 0.15) is 0 Å². The molecule has 0 saturated carbocycles. The van der Waals surface area contributed by atoms with E-state index in [4.69, 9.17) is 12.2 Å². The van der Waals surface area contributed by atoms with Crippen LogP contribution < -0.4 is 21.1 Å². The fraction of sp³-hybridized carbons (Fsp3) is 0.579. The zero-order valence-corrected chi connectivity index (χ0v) is 17.3. The zero-order chi connectivity index (χ0) is 20.5. The molecule has 0 aliphatic carbocycles. The Morgan fingerprint density at radius 3 is 2.64 bits per heavy atom. The number of hydrogen-bond acceptors (Lipinski definition) is 5. The van der Waals surface area contributed by atoms with Crippen molar-refractivity contribution in [2.45, 2.75) is 46.0 Å². The molecule has 28 heavy (non-hydrogen) atoms. The van der Waals surface area contributed by atoms with E-state index >= 15 is 0 Å². The maximum absolute atomic E-state index is 12.7. The van der Waals surface area contributed by atoms with Crippen LogP contribution >= 0.6 is 12.2 Å². The van der Waals surface area contributed by atoms with Gasteiger partial charge in [0.2, 0.25) is 0 Å². The summed E-state index contributed by atoms with van der Waals surface area (Å²) in [7, 11) is 0. The molecule has 0 aromatic heterocycles. The molecule has 0 unspecified atom stereocenters. The van der Waals surface area contributed by atoms with Crippen LogP contribution in [-0.4, -0.2) is 35.6 Å². The summed E-state index contributed by atoms with van der Waals surface area (Å²) in [5.74, 6) is 0.194. The van der Waals surface area contributed by atoms with Crippen molar-refractivity contribution in [1.29, 1.82) is 0 Å². The number of nitrogens with zero attached hydrogens (tertiary/aromatic N) is 2. The molecule has 8 nitrogen and oxygen atoms in total. The fourth-order valence-electron chi connectivity index (χ4n) is 3.15. The topological polar surface area (TPSA) is 99.5 Å². The Morgan fingerprint density at radius 1 is 1.29 bits per heavy atom. The van der Waals surface area contributed by atoms with Crippen LogP contribution in [0.5, 0.6) is 0 Å². The van der Waals surface area contributed by atoms with Crippen LogP contribution in [0.15, 0.2) is 18.2 Å². The van der Waals surface area contributed by atoms with E-state index in [1.54, 1.807) is 6.07 Å². The van der Waals surface area contributed by atoms with Crippen molar-refractivity contribution in [3.05, 3.63) is 33.9 Å². The highest BCUT2D eigenvalue weighted by Gasteiger charge is 2.23. The number of rotatable bonds is 7. The van der Waals surface area contributed by atoms with E-state index in [0.29, 0.717) is 16.7 Å². The Balaban J connectivity index is 2.06. The van der Waals surface area contributed by atoms with Gasteiger partial charge in [-0.05, 0) is 43.5 Å². The van der Waals surface area contributed by atoms with E-state index in [1.165, 1.54) is 12.1 Å². The summed E-state index contributed by atoms with van der Waals surface area (Å²) in [5, 5.41) is 14.5. The number of carbonyl (C=O) groups excluding carboxylic acids is 1. The minimum absolute atomic E-state index is 0.112. The van der Waals surface area contributed by atoms with Gasteiger partial charge in [0, 0.05) is 31.8 Å². The molecule has 0 atom stereocenters. The quantitative estimate of drug-likeness (QED) is 0.276. The third-order valence-electron chi connectivity index (χ3n) is 4.92. The molecule has 1 aromatic rings. The van der Waals surface area contributed by atoms with Crippen molar-refractivity contribution >= 4 is 34.6 Å². The van der Waals surface area contributed by atoms with E-state index in [1.807, 2.05) is 0 Å². The van der Waals surface area contributed by atoms with Crippen LogP contribution in [0, 0.1) is 16.0 Å². The van der Waals surface area contributed by atoms with Crippen LogP contribution in [0.2, 0.25) is 0 Å². The van der Waals surface area contributed by atoms with Crippen molar-refractivity contribution in [3.8, 4) is 0 Å². The van der Waals surface area contributed by atoms with Crippen molar-refractivity contribution in [3.63, 3.8) is 0 Å². The van der Waals surface area contributed by atoms with Gasteiger partial charge in [0.25, 0.3) is 11.6 Å². The number of benzene rings is 1. The van der Waals surface area contributed by atoms with Gasteiger partial charge in [-0.2, -0.15) is 0 Å². The average Bonchev–Trinajstić information content (AvgIpc) is 2.69. The maximum Gasteiger partial charge on any atom is 0.272 e. The third-order valence-corrected chi connectivity index (χ3v) is 5.16. The number of unbranched alkanes of at least 4 members (excludes halogenated alkanes) is 2. The second-order valence-corrected chi connectivity index (χ2v) is 7.58. The number of piperidine rings is 1. The first-order chi connectivity index (χ1) is 13.4. The minimum atomic E-state index is -0.494. The molecular weight excluding hydrogens is 378 g/mol. The van der Waals surface area contributed by atoms with Gasteiger partial charge in [0.15, 0.2) is 5.11 Å². The second-order valence-electron chi connectivity index (χ2n) is 7.17. The number of nitro groups is 1. The van der Waals surface area contributed by atoms with Crippen molar-refractivity contribution in [2.24, 2.45) is 5.92 Å². The first-order valence-electron chi connectivity index (χ1n) is 9.80. The van der Waals surface area contributed by atoms with Crippen LogP contribution in [-0.2, 0) is 0 Å². The molecule has 1 aliphatic heterocycles. The lowest BCUT2D eigenvalue weighted by molar-refractivity contribution is -0.384. The van der Waals surface area contributed by atoms with Crippen LogP contribution in [0.4, 0.5) is 11.4 Å². The fourth-order valence-corrected chi connectivity index (χ4v) is 3.30. The zero-order valence-electron chi connectivity index (χ0n) is 16.5. The summed E-state index contributed by atoms with van der Waals surface area (Å²) in [6.07, 6.45) is 5.27. The van der Waals surface area contributed by atoms with Crippen molar-refractivity contribution in [1.82, 2.24) is 16.2 Å². The van der Waals surface area contributed by atoms with Crippen molar-refractivity contribution < 1.29 is 9.72 Å². The number of anilines is 1. The highest BCUT2D eigenvalue weighted by Crippen LogP contribution is 2.29. The standard InChI is InChI=1S/C19H29N5O3S/c1-3-4-5-10-20-19(28)22-21-18(25)16-13-15(24(26)27)6-7-17(16)23-11-8-14(2)9-12-23/h6-7,13-14H,3-5,8-12H2,1-2H3,(H,21,25)(H2,20,22,28). The molecule has 2 rings (SSSR count). The summed E-state index contributed by atoms with van der Waals surface area (Å²) >= 11 is 5.15. The van der Waals surface area contributed by atoms with E-state index in [9.17, 15) is 14.9 Å². The molecule has 0 spiro atoms. The monoisotopic (exact) mass is 407 g/mol. The number of carbonyl (C=O) groups is 1. The molecule has 1 aliphatic rings. The first-order valence-corrected chi connectivity index (χ1v) is 10.2. The number of nitrogens with one attached hydrogen (secondary N) is 3. The number of hydrogen-bond donors (Lipinski definition) is 3. The molecule has 0 radical (unpaired) electrons. The number of amides is 1. The largest absolute Gasteiger partial charge is 0.371 e. The summed E-state index contributed by atoms with van der Waals surface area (Å²) in [6, 6.07) is 4.42. The van der Waals surface area contributed by atoms with E-state index in [-0.39, 0.29) is 11.3 Å². The van der Waals surface area contributed by atoms with Gasteiger partial charge in [-0.1, -0.05) is 26.7 Å². The average molecular weight is 408 g/mol. The Morgan fingerprint density at radius 2 is 2.00 bits per heavy atom. The molecule has 3 N–H and O–H groups in total. The Labute approximate surface area is 171 Å². The summed E-state index contributed by atoms with van der Waals surface area (Å²) in [6.45, 7) is 6.70. The predicted molar refractivity (Wildman–Crippen MR) is 114 cm³/mol. The lowest BCUT2D eigenvalue weighted by atomic mass is 9.98. The maximum atomic E-state index is 12.7. The molecular formula is C19H29N5O3S. The highest BCUT2D eigenvalue weighted by molar-refractivity contribution is 7.80. The normalized spacial score (nSPS) is 14.4. The van der Waals surface area contributed by atoms with Gasteiger partial charge in [-0.15, -0.1) is 0 Å². The van der Waals surface area contributed by atoms with Crippen LogP contribution in [0.1, 0.15) is 56.3 Å². The number of nitro benzene ring substituents is 1. The smallest absolute Gasteiger partial charge is 0.272 e. The predicted octanol–water partition coefficient (Wildman–Crippen LogP) is 3.13. The minimum Gasteiger partial charge on any atom is -0.371 e. The molecule has 1 saturated heterocycles. The van der Waals surface area contributed by atoms with Gasteiger partial charge in [-0.25, -0.2) is 0 Å². The third kappa shape index (κ3) is 6.33. The lowest BCUT2D eigenvalue weighted by Crippen LogP contribution is -2.47. The molecule has 0 bridgehead atoms. The molecule has 9 heteroatoms. The van der Waals surface area contributed by atoms with Crippen LogP contribution in [0.25, 0.3) is 0 Å². The Hall–Kier alpha value is -2.42. The summed E-state index contributed by atoms with van der Waals surface area (Å²) in [5.41, 5.74) is 6.09. The first kappa shape index (κ1) is 21.9. The Kier molecular flexibility index (Phi) is 8.43. The van der Waals surface area contributed by atoms with Crippen molar-refractivity contribution in [2.75, 3.05) is 24.5 Å². The van der Waals surface area contributed by atoms with E-state index in [2.05, 4.69) is 34.9 Å². The van der Waals surface area contributed by atoms with Gasteiger partial charge >= 0.3 is 0 Å². The number of thiocarbonyl (C=S) groups is 1. The van der Waals surface area contributed by atoms with Gasteiger partial charge in [-0.3, -0.25) is 25.8 Å². The molecule has 1 heterocycles. The molecule has 154 valence electrons. The van der Waals surface area contributed by atoms with Gasteiger partial charge in [0.05, 0.1) is 16.2 Å². The molecule has 1 fully saturated rings. The number of non-ortho nitro benzene ring substituents is 1. The summed E-state index contributed by atoms with van der Waals surface area (Å²) < 4.78 is 0. The lowest BCUT2D eigenvalue weighted by Gasteiger charge is -2.33. The van der Waals surface area contributed by atoms with E-state index in [0.717, 1.165) is 51.7 Å². The molecule has 1 aromatic carbocycles. The SMILES string of the molecule is CCCCCNC(=S)NNC(=O)c1cc([N+](=O)[O-])ccc1N1CCC(C)CC1. The van der Waals surface area contributed by atoms with Crippen LogP contribution in [0.3, 0.4) is 0 Å². The van der Waals surface area contributed by atoms with E-state index < -0.39 is 10.8 Å². The number of hydrazine groups is 1. The summed E-state index contributed by atoms with van der Waals surface area (Å²) in [4.78, 5) is 25.5. The highest BCUT2D eigenvalue weighted by atomic mass is 32.1.